The van der Waals surface area contributed by atoms with Crippen molar-refractivity contribution in [2.75, 3.05) is 6.61 Å². The smallest absolute Gasteiger partial charge is 0.292 e. The highest BCUT2D eigenvalue weighted by atomic mass is 16.5. The third kappa shape index (κ3) is 3.53. The molecule has 1 aliphatic heterocycles. The van der Waals surface area contributed by atoms with Crippen molar-refractivity contribution in [1.82, 2.24) is 5.32 Å². The topological polar surface area (TPSA) is 86.4 Å². The van der Waals surface area contributed by atoms with Crippen molar-refractivity contribution in [3.63, 3.8) is 0 Å². The number of fused-ring (bicyclic) bond motifs is 2. The monoisotopic (exact) mass is 411 g/mol. The first kappa shape index (κ1) is 18.9. The summed E-state index contributed by atoms with van der Waals surface area (Å²) in [5.74, 6) is 0.417. The van der Waals surface area contributed by atoms with Crippen molar-refractivity contribution in [3.05, 3.63) is 83.9 Å². The van der Waals surface area contributed by atoms with Crippen LogP contribution in [-0.2, 0) is 4.74 Å². The number of amidine groups is 2. The quantitative estimate of drug-likeness (QED) is 0.421. The van der Waals surface area contributed by atoms with E-state index in [-0.39, 0.29) is 17.1 Å². The Morgan fingerprint density at radius 3 is 2.19 bits per heavy atom. The summed E-state index contributed by atoms with van der Waals surface area (Å²) >= 11 is 0. The van der Waals surface area contributed by atoms with Crippen LogP contribution in [0.5, 0.6) is 11.5 Å². The Bertz CT molecular complexity index is 1340. The predicted molar refractivity (Wildman–Crippen MR) is 123 cm³/mol. The van der Waals surface area contributed by atoms with Crippen LogP contribution in [-0.4, -0.2) is 28.7 Å². The maximum absolute atomic E-state index is 10.3. The van der Waals surface area contributed by atoms with Crippen LogP contribution < -0.4 is 5.32 Å². The van der Waals surface area contributed by atoms with Crippen LogP contribution in [0.1, 0.15) is 24.2 Å². The number of nitrogens with zero attached hydrogens (tertiary/aromatic N) is 2. The normalized spacial score (nSPS) is 16.0. The van der Waals surface area contributed by atoms with Gasteiger partial charge in [-0.3, -0.25) is 5.32 Å². The third-order valence-corrected chi connectivity index (χ3v) is 5.29. The van der Waals surface area contributed by atoms with E-state index >= 15 is 0 Å². The van der Waals surface area contributed by atoms with E-state index in [1.165, 1.54) is 22.9 Å². The lowest BCUT2D eigenvalue weighted by atomic mass is 10.0. The van der Waals surface area contributed by atoms with Crippen molar-refractivity contribution in [1.29, 1.82) is 0 Å². The molecule has 6 heteroatoms. The summed E-state index contributed by atoms with van der Waals surface area (Å²) in [4.78, 5) is 9.08. The first-order chi connectivity index (χ1) is 15.1. The lowest BCUT2D eigenvalue weighted by molar-refractivity contribution is 0.310. The fourth-order valence-corrected chi connectivity index (χ4v) is 3.81. The number of aromatic hydroxyl groups is 2. The Labute approximate surface area is 179 Å². The Kier molecular flexibility index (Phi) is 4.67. The van der Waals surface area contributed by atoms with Crippen LogP contribution in [0.2, 0.25) is 0 Å². The van der Waals surface area contributed by atoms with Gasteiger partial charge in [-0.2, -0.15) is 0 Å². The van der Waals surface area contributed by atoms with Gasteiger partial charge in [-0.1, -0.05) is 42.5 Å². The molecular weight excluding hydrogens is 390 g/mol. The van der Waals surface area contributed by atoms with Gasteiger partial charge in [0.2, 0.25) is 0 Å². The van der Waals surface area contributed by atoms with Crippen molar-refractivity contribution in [2.45, 2.75) is 13.1 Å². The molecule has 0 aliphatic carbocycles. The van der Waals surface area contributed by atoms with Gasteiger partial charge in [0.1, 0.15) is 17.3 Å². The zero-order chi connectivity index (χ0) is 21.4. The van der Waals surface area contributed by atoms with Gasteiger partial charge in [0.25, 0.3) is 6.02 Å². The van der Waals surface area contributed by atoms with Gasteiger partial charge >= 0.3 is 0 Å². The molecule has 0 saturated carbocycles. The molecule has 1 aliphatic rings. The second kappa shape index (κ2) is 7.65. The Morgan fingerprint density at radius 1 is 0.806 bits per heavy atom. The molecule has 5 rings (SSSR count). The molecule has 0 spiro atoms. The van der Waals surface area contributed by atoms with Crippen LogP contribution in [0.3, 0.4) is 0 Å². The van der Waals surface area contributed by atoms with Crippen LogP contribution >= 0.6 is 0 Å². The fourth-order valence-electron chi connectivity index (χ4n) is 3.81. The molecule has 0 bridgehead atoms. The number of hydrogen-bond acceptors (Lipinski definition) is 6. The third-order valence-electron chi connectivity index (χ3n) is 5.29. The fraction of sp³-hybridized carbons (Fsp3) is 0.120. The molecule has 1 unspecified atom stereocenters. The summed E-state index contributed by atoms with van der Waals surface area (Å²) in [5, 5.41) is 28.3. The SMILES string of the molecule is CCOC1=NC(c2c(O)cccc2O)N=C(c2ccc3cc4ccccc4cc3c2)N1. The molecule has 4 aromatic rings. The summed E-state index contributed by atoms with van der Waals surface area (Å²) in [7, 11) is 0. The number of hydrogen-bond donors (Lipinski definition) is 3. The molecular formula is C25H21N3O3. The van der Waals surface area contributed by atoms with Crippen molar-refractivity contribution in [3.8, 4) is 11.5 Å². The highest BCUT2D eigenvalue weighted by Gasteiger charge is 2.25. The summed E-state index contributed by atoms with van der Waals surface area (Å²) < 4.78 is 5.61. The van der Waals surface area contributed by atoms with Crippen molar-refractivity contribution >= 4 is 33.4 Å². The van der Waals surface area contributed by atoms with E-state index in [0.29, 0.717) is 18.5 Å². The van der Waals surface area contributed by atoms with Gasteiger partial charge in [-0.25, -0.2) is 9.98 Å². The van der Waals surface area contributed by atoms with Gasteiger partial charge < -0.3 is 14.9 Å². The molecule has 1 atom stereocenters. The predicted octanol–water partition coefficient (Wildman–Crippen LogP) is 4.85. The maximum Gasteiger partial charge on any atom is 0.292 e. The Balaban J connectivity index is 1.61. The second-order valence-corrected chi connectivity index (χ2v) is 7.31. The summed E-state index contributed by atoms with van der Waals surface area (Å²) in [5.41, 5.74) is 1.10. The zero-order valence-corrected chi connectivity index (χ0v) is 16.9. The van der Waals surface area contributed by atoms with E-state index < -0.39 is 6.17 Å². The number of aliphatic imine (C=N–C) groups is 2. The molecule has 1 heterocycles. The largest absolute Gasteiger partial charge is 0.507 e. The van der Waals surface area contributed by atoms with E-state index in [1.54, 1.807) is 6.07 Å². The van der Waals surface area contributed by atoms with E-state index in [2.05, 4.69) is 51.7 Å². The molecule has 0 saturated heterocycles. The van der Waals surface area contributed by atoms with Gasteiger partial charge in [0, 0.05) is 5.56 Å². The molecule has 31 heavy (non-hydrogen) atoms. The second-order valence-electron chi connectivity index (χ2n) is 7.31. The van der Waals surface area contributed by atoms with Crippen LogP contribution in [0.4, 0.5) is 0 Å². The lowest BCUT2D eigenvalue weighted by Gasteiger charge is -2.22. The first-order valence-electron chi connectivity index (χ1n) is 10.1. The average Bonchev–Trinajstić information content (AvgIpc) is 2.77. The first-order valence-corrected chi connectivity index (χ1v) is 10.1. The number of phenols is 2. The van der Waals surface area contributed by atoms with E-state index in [9.17, 15) is 10.2 Å². The highest BCUT2D eigenvalue weighted by molar-refractivity contribution is 6.11. The van der Waals surface area contributed by atoms with Gasteiger partial charge in [0.05, 0.1) is 12.2 Å². The van der Waals surface area contributed by atoms with Crippen molar-refractivity contribution < 1.29 is 14.9 Å². The summed E-state index contributed by atoms with van der Waals surface area (Å²) in [6.45, 7) is 2.28. The van der Waals surface area contributed by atoms with E-state index in [0.717, 1.165) is 16.3 Å². The highest BCUT2D eigenvalue weighted by Crippen LogP contribution is 2.36. The van der Waals surface area contributed by atoms with Crippen LogP contribution in [0, 0.1) is 0 Å². The summed E-state index contributed by atoms with van der Waals surface area (Å²) in [6, 6.07) is 23.5. The molecule has 154 valence electrons. The van der Waals surface area contributed by atoms with Crippen LogP contribution in [0.15, 0.2) is 82.8 Å². The molecule has 0 amide bonds. The molecule has 3 N–H and O–H groups in total. The number of ether oxygens (including phenoxy) is 1. The molecule has 6 nitrogen and oxygen atoms in total. The zero-order valence-electron chi connectivity index (χ0n) is 16.9. The average molecular weight is 411 g/mol. The Hall–Kier alpha value is -4.06. The lowest BCUT2D eigenvalue weighted by Crippen LogP contribution is -2.37. The molecule has 4 aromatic carbocycles. The number of phenolic OH excluding ortho intramolecular Hbond substituents is 2. The van der Waals surface area contributed by atoms with E-state index in [1.807, 2.05) is 25.1 Å². The molecule has 0 aromatic heterocycles. The van der Waals surface area contributed by atoms with E-state index in [4.69, 9.17) is 4.74 Å². The Morgan fingerprint density at radius 2 is 1.48 bits per heavy atom. The van der Waals surface area contributed by atoms with Gasteiger partial charge in [-0.05, 0) is 58.8 Å². The minimum atomic E-state index is -0.827. The molecule has 0 radical (unpaired) electrons. The minimum Gasteiger partial charge on any atom is -0.507 e. The minimum absolute atomic E-state index is 0.0698. The molecule has 0 fully saturated rings. The maximum atomic E-state index is 10.3. The summed E-state index contributed by atoms with van der Waals surface area (Å²) in [6.07, 6.45) is -0.827. The number of benzene rings is 4. The van der Waals surface area contributed by atoms with Crippen LogP contribution in [0.25, 0.3) is 21.5 Å². The van der Waals surface area contributed by atoms with Gasteiger partial charge in [-0.15, -0.1) is 0 Å². The number of rotatable bonds is 3. The van der Waals surface area contributed by atoms with Gasteiger partial charge in [0.15, 0.2) is 6.17 Å². The standard InChI is InChI=1S/C25H21N3O3/c1-2-31-25-27-23(26-24(28-25)22-20(29)8-5-9-21(22)30)18-11-10-17-12-15-6-3-4-7-16(15)13-19(17)14-18/h3-14,24,29-30H,2H2,1H3,(H,26,27,28). The number of nitrogens with one attached hydrogen (secondary N) is 1. The van der Waals surface area contributed by atoms with Crippen molar-refractivity contribution in [2.24, 2.45) is 9.98 Å².